The quantitative estimate of drug-likeness (QED) is 0.561. The first-order valence-corrected chi connectivity index (χ1v) is 5.23. The molecule has 14 heavy (non-hydrogen) atoms. The van der Waals surface area contributed by atoms with Gasteiger partial charge in [-0.25, -0.2) is 9.83 Å². The third-order valence-corrected chi connectivity index (χ3v) is 3.61. The van der Waals surface area contributed by atoms with Crippen molar-refractivity contribution in [2.75, 3.05) is 7.11 Å². The Balaban J connectivity index is 2.84. The van der Waals surface area contributed by atoms with Crippen molar-refractivity contribution in [2.45, 2.75) is 11.1 Å². The van der Waals surface area contributed by atoms with Crippen LogP contribution in [0.1, 0.15) is 6.42 Å². The number of alkyl halides is 1. The number of carboxylic acid groups (broad SMARTS) is 1. The van der Waals surface area contributed by atoms with Crippen LogP contribution in [0.2, 0.25) is 0 Å². The van der Waals surface area contributed by atoms with Gasteiger partial charge in [0.15, 0.2) is 5.17 Å². The summed E-state index contributed by atoms with van der Waals surface area (Å²) in [5.74, 6) is -1.02. The summed E-state index contributed by atoms with van der Waals surface area (Å²) in [6, 6.07) is 0. The number of aliphatic imine (C=N–C) groups is 1. The molecule has 8 heteroatoms. The van der Waals surface area contributed by atoms with E-state index < -0.39 is 21.4 Å². The molecule has 0 aromatic rings. The van der Waals surface area contributed by atoms with Crippen molar-refractivity contribution in [2.24, 2.45) is 9.52 Å². The number of nitrogens with zero attached hydrogens (tertiary/aromatic N) is 2. The van der Waals surface area contributed by atoms with Crippen LogP contribution in [0.5, 0.6) is 0 Å². The summed E-state index contributed by atoms with van der Waals surface area (Å²) < 4.78 is 2.94. The van der Waals surface area contributed by atoms with Crippen LogP contribution in [-0.4, -0.2) is 33.8 Å². The SMILES string of the molecule is CON=S1C(=N)N=C(CC(=O)O)C1Cl. The molecule has 1 aliphatic rings. The van der Waals surface area contributed by atoms with E-state index in [2.05, 4.69) is 14.4 Å². The maximum Gasteiger partial charge on any atom is 0.309 e. The maximum absolute atomic E-state index is 10.4. The lowest BCUT2D eigenvalue weighted by Crippen LogP contribution is -2.18. The minimum absolute atomic E-state index is 0.0388. The maximum atomic E-state index is 10.4. The summed E-state index contributed by atoms with van der Waals surface area (Å²) in [6.07, 6.45) is -0.265. The Labute approximate surface area is 87.5 Å². The Kier molecular flexibility index (Phi) is 3.73. The van der Waals surface area contributed by atoms with Gasteiger partial charge in [0.05, 0.1) is 19.2 Å². The summed E-state index contributed by atoms with van der Waals surface area (Å²) in [4.78, 5) is 18.6. The fourth-order valence-electron chi connectivity index (χ4n) is 0.883. The number of aliphatic carboxylic acids is 1. The van der Waals surface area contributed by atoms with Crippen molar-refractivity contribution in [1.29, 1.82) is 5.41 Å². The van der Waals surface area contributed by atoms with Gasteiger partial charge in [0.25, 0.3) is 0 Å². The minimum atomic E-state index is -1.02. The van der Waals surface area contributed by atoms with Crippen molar-refractivity contribution < 1.29 is 14.7 Å². The monoisotopic (exact) mass is 237 g/mol. The summed E-state index contributed by atoms with van der Waals surface area (Å²) >= 11 is 5.87. The second kappa shape index (κ2) is 4.63. The lowest BCUT2D eigenvalue weighted by Gasteiger charge is -2.02. The minimum Gasteiger partial charge on any atom is -0.481 e. The lowest BCUT2D eigenvalue weighted by molar-refractivity contribution is -0.135. The van der Waals surface area contributed by atoms with Crippen LogP contribution in [0.3, 0.4) is 0 Å². The van der Waals surface area contributed by atoms with Crippen LogP contribution >= 0.6 is 11.6 Å². The van der Waals surface area contributed by atoms with E-state index in [1.807, 2.05) is 0 Å². The molecule has 0 spiro atoms. The summed E-state index contributed by atoms with van der Waals surface area (Å²) in [5.41, 5.74) is 0.258. The fourth-order valence-corrected chi connectivity index (χ4v) is 2.47. The highest BCUT2D eigenvalue weighted by atomic mass is 35.5. The predicted molar refractivity (Wildman–Crippen MR) is 53.9 cm³/mol. The normalized spacial score (nSPS) is 26.7. The van der Waals surface area contributed by atoms with Crippen LogP contribution < -0.4 is 0 Å². The van der Waals surface area contributed by atoms with Crippen LogP contribution in [0.15, 0.2) is 9.52 Å². The molecule has 0 amide bonds. The van der Waals surface area contributed by atoms with Gasteiger partial charge in [-0.1, -0.05) is 0 Å². The highest BCUT2D eigenvalue weighted by Crippen LogP contribution is 2.19. The topological polar surface area (TPSA) is 95.1 Å². The predicted octanol–water partition coefficient (Wildman–Crippen LogP) is 0.779. The molecule has 1 heterocycles. The Morgan fingerprint density at radius 2 is 2.57 bits per heavy atom. The van der Waals surface area contributed by atoms with Crippen LogP contribution in [-0.2, 0) is 20.3 Å². The number of amidine groups is 1. The van der Waals surface area contributed by atoms with E-state index in [0.29, 0.717) is 0 Å². The van der Waals surface area contributed by atoms with Gasteiger partial charge in [-0.3, -0.25) is 10.2 Å². The van der Waals surface area contributed by atoms with E-state index in [-0.39, 0.29) is 17.3 Å². The molecule has 0 saturated heterocycles. The number of halogens is 1. The second-order valence-electron chi connectivity index (χ2n) is 2.37. The van der Waals surface area contributed by atoms with Gasteiger partial charge in [-0.15, -0.1) is 16.1 Å². The first-order chi connectivity index (χ1) is 6.56. The van der Waals surface area contributed by atoms with E-state index in [9.17, 15) is 4.79 Å². The average Bonchev–Trinajstić information content (AvgIpc) is 2.32. The van der Waals surface area contributed by atoms with Crippen LogP contribution in [0.4, 0.5) is 0 Å². The fraction of sp³-hybridized carbons (Fsp3) is 0.500. The van der Waals surface area contributed by atoms with Gasteiger partial charge in [0.1, 0.15) is 4.71 Å². The molecule has 0 bridgehead atoms. The molecule has 78 valence electrons. The summed E-state index contributed by atoms with van der Waals surface area (Å²) in [5, 5.41) is 15.9. The van der Waals surface area contributed by atoms with Gasteiger partial charge in [0.2, 0.25) is 0 Å². The number of rotatable bonds is 3. The second-order valence-corrected chi connectivity index (χ2v) is 4.70. The highest BCUT2D eigenvalue weighted by molar-refractivity contribution is 8.05. The summed E-state index contributed by atoms with van der Waals surface area (Å²) in [7, 11) is 0.367. The number of nitrogens with one attached hydrogen (secondary N) is 1. The molecule has 1 rings (SSSR count). The molecule has 2 atom stereocenters. The van der Waals surface area contributed by atoms with E-state index >= 15 is 0 Å². The molecule has 0 fully saturated rings. The molecule has 0 aliphatic carbocycles. The van der Waals surface area contributed by atoms with E-state index in [1.54, 1.807) is 0 Å². The van der Waals surface area contributed by atoms with E-state index in [4.69, 9.17) is 22.1 Å². The van der Waals surface area contributed by atoms with Crippen molar-refractivity contribution in [3.63, 3.8) is 0 Å². The van der Waals surface area contributed by atoms with Gasteiger partial charge < -0.3 is 5.11 Å². The Bertz CT molecular complexity index is 341. The Morgan fingerprint density at radius 1 is 1.93 bits per heavy atom. The van der Waals surface area contributed by atoms with Gasteiger partial charge >= 0.3 is 5.97 Å². The van der Waals surface area contributed by atoms with Gasteiger partial charge in [-0.05, 0) is 0 Å². The number of hydrogen-bond donors (Lipinski definition) is 2. The molecule has 2 N–H and O–H groups in total. The number of carboxylic acids is 1. The molecule has 0 aromatic heterocycles. The zero-order valence-electron chi connectivity index (χ0n) is 7.23. The first kappa shape index (κ1) is 11.3. The molecular formula is C6H8ClN3O3S. The molecular weight excluding hydrogens is 230 g/mol. The van der Waals surface area contributed by atoms with Crippen molar-refractivity contribution in [3.8, 4) is 0 Å². The standard InChI is InChI=1S/C6H8ClN3O3S/c1-13-10-14-5(7)3(2-4(11)12)9-6(14)8/h5,8H,2H2,1H3,(H,11,12). The zero-order chi connectivity index (χ0) is 10.7. The Morgan fingerprint density at radius 3 is 3.07 bits per heavy atom. The van der Waals surface area contributed by atoms with Crippen LogP contribution in [0, 0.1) is 5.41 Å². The van der Waals surface area contributed by atoms with E-state index in [1.165, 1.54) is 7.11 Å². The first-order valence-electron chi connectivity index (χ1n) is 3.55. The number of hydrogen-bond acceptors (Lipinski definition) is 4. The number of carbonyl (C=O) groups is 1. The molecule has 2 unspecified atom stereocenters. The molecule has 0 saturated carbocycles. The van der Waals surface area contributed by atoms with Crippen molar-refractivity contribution >= 4 is 39.1 Å². The third-order valence-electron chi connectivity index (χ3n) is 1.39. The zero-order valence-corrected chi connectivity index (χ0v) is 8.80. The van der Waals surface area contributed by atoms with Crippen LogP contribution in [0.25, 0.3) is 0 Å². The van der Waals surface area contributed by atoms with E-state index in [0.717, 1.165) is 0 Å². The molecule has 1 aliphatic heterocycles. The largest absolute Gasteiger partial charge is 0.481 e. The summed E-state index contributed by atoms with van der Waals surface area (Å²) in [6.45, 7) is 0. The van der Waals surface area contributed by atoms with Crippen molar-refractivity contribution in [1.82, 2.24) is 0 Å². The van der Waals surface area contributed by atoms with Gasteiger partial charge in [-0.2, -0.15) is 0 Å². The molecule has 0 aromatic carbocycles. The third kappa shape index (κ3) is 2.37. The smallest absolute Gasteiger partial charge is 0.309 e. The molecule has 0 radical (unpaired) electrons. The van der Waals surface area contributed by atoms with Crippen molar-refractivity contribution in [3.05, 3.63) is 0 Å². The highest BCUT2D eigenvalue weighted by Gasteiger charge is 2.30. The lowest BCUT2D eigenvalue weighted by atomic mass is 10.3. The van der Waals surface area contributed by atoms with Gasteiger partial charge in [0, 0.05) is 10.7 Å². The Hall–Kier alpha value is -0.790. The molecule has 6 nitrogen and oxygen atoms in total. The average molecular weight is 238 g/mol.